The first-order valence-electron chi connectivity index (χ1n) is 7.31. The van der Waals surface area contributed by atoms with E-state index in [1.807, 2.05) is 0 Å². The number of nitrogens with two attached hydrogens (primary N) is 1. The number of unbranched alkanes of at least 4 members (excludes halogenated alkanes) is 1. The molecular weight excluding hydrogens is 210 g/mol. The fraction of sp³-hybridized carbons (Fsp3) is 1.00. The van der Waals surface area contributed by atoms with Crippen LogP contribution >= 0.6 is 0 Å². The maximum absolute atomic E-state index is 5.79. The predicted octanol–water partition coefficient (Wildman–Crippen LogP) is 1.92. The number of nitrogens with zero attached hydrogens (tertiary/aromatic N) is 2. The summed E-state index contributed by atoms with van der Waals surface area (Å²) in [5.74, 6) is 0. The van der Waals surface area contributed by atoms with Gasteiger partial charge in [0.05, 0.1) is 0 Å². The molecule has 3 heteroatoms. The van der Waals surface area contributed by atoms with Crippen molar-refractivity contribution in [3.63, 3.8) is 0 Å². The first-order valence-corrected chi connectivity index (χ1v) is 7.31. The highest BCUT2D eigenvalue weighted by atomic mass is 15.2. The van der Waals surface area contributed by atoms with Crippen molar-refractivity contribution in [2.24, 2.45) is 5.73 Å². The molecule has 0 amide bonds. The van der Waals surface area contributed by atoms with Gasteiger partial charge >= 0.3 is 0 Å². The summed E-state index contributed by atoms with van der Waals surface area (Å²) >= 11 is 0. The Morgan fingerprint density at radius 3 is 2.71 bits per heavy atom. The van der Waals surface area contributed by atoms with Gasteiger partial charge in [-0.25, -0.2) is 0 Å². The Morgan fingerprint density at radius 1 is 1.29 bits per heavy atom. The Labute approximate surface area is 107 Å². The van der Waals surface area contributed by atoms with Crippen molar-refractivity contribution in [1.29, 1.82) is 0 Å². The molecule has 1 aliphatic rings. The summed E-state index contributed by atoms with van der Waals surface area (Å²) in [6, 6.07) is 1.13. The zero-order valence-corrected chi connectivity index (χ0v) is 12.0. The van der Waals surface area contributed by atoms with Gasteiger partial charge in [-0.2, -0.15) is 0 Å². The van der Waals surface area contributed by atoms with Crippen LogP contribution in [-0.4, -0.2) is 55.1 Å². The fourth-order valence-corrected chi connectivity index (χ4v) is 2.76. The van der Waals surface area contributed by atoms with Crippen molar-refractivity contribution in [2.75, 3.05) is 33.2 Å². The van der Waals surface area contributed by atoms with Gasteiger partial charge in [-0.3, -0.25) is 4.90 Å². The predicted molar refractivity (Wildman–Crippen MR) is 75.3 cm³/mol. The molecular formula is C14H31N3. The second-order valence-corrected chi connectivity index (χ2v) is 5.69. The summed E-state index contributed by atoms with van der Waals surface area (Å²) in [5, 5.41) is 0. The van der Waals surface area contributed by atoms with Gasteiger partial charge in [0.2, 0.25) is 0 Å². The number of hydrogen-bond acceptors (Lipinski definition) is 3. The molecule has 1 rings (SSSR count). The second kappa shape index (κ2) is 8.06. The van der Waals surface area contributed by atoms with Crippen LogP contribution in [0.25, 0.3) is 0 Å². The van der Waals surface area contributed by atoms with Crippen molar-refractivity contribution in [1.82, 2.24) is 9.80 Å². The molecule has 0 aromatic carbocycles. The highest BCUT2D eigenvalue weighted by Gasteiger charge is 2.21. The maximum atomic E-state index is 5.79. The van der Waals surface area contributed by atoms with Gasteiger partial charge in [0.1, 0.15) is 0 Å². The average Bonchev–Trinajstić information content (AvgIpc) is 2.46. The standard InChI is InChI=1S/C14H31N3/c1-4-14-12-16(3)9-7-11-17(14)10-6-5-8-13(2)15/h13-14H,4-12,15H2,1-3H3. The summed E-state index contributed by atoms with van der Waals surface area (Å²) in [6.07, 6.45) is 6.35. The van der Waals surface area contributed by atoms with Gasteiger partial charge in [0.25, 0.3) is 0 Å². The van der Waals surface area contributed by atoms with E-state index in [0.29, 0.717) is 6.04 Å². The highest BCUT2D eigenvalue weighted by Crippen LogP contribution is 2.13. The quantitative estimate of drug-likeness (QED) is 0.721. The molecule has 0 saturated carbocycles. The molecule has 17 heavy (non-hydrogen) atoms. The molecule has 0 radical (unpaired) electrons. The Bertz CT molecular complexity index is 194. The normalized spacial score (nSPS) is 25.8. The Balaban J connectivity index is 2.28. The Morgan fingerprint density at radius 2 is 2.06 bits per heavy atom. The van der Waals surface area contributed by atoms with Crippen LogP contribution in [0.4, 0.5) is 0 Å². The van der Waals surface area contributed by atoms with E-state index in [4.69, 9.17) is 5.73 Å². The molecule has 2 N–H and O–H groups in total. The molecule has 2 atom stereocenters. The van der Waals surface area contributed by atoms with Gasteiger partial charge in [-0.15, -0.1) is 0 Å². The second-order valence-electron chi connectivity index (χ2n) is 5.69. The molecule has 1 aliphatic heterocycles. The summed E-state index contributed by atoms with van der Waals surface area (Å²) in [4.78, 5) is 5.18. The van der Waals surface area contributed by atoms with E-state index in [9.17, 15) is 0 Å². The third-order valence-corrected chi connectivity index (χ3v) is 3.85. The molecule has 0 aliphatic carbocycles. The lowest BCUT2D eigenvalue weighted by atomic mass is 10.1. The molecule has 1 saturated heterocycles. The third kappa shape index (κ3) is 5.84. The van der Waals surface area contributed by atoms with Gasteiger partial charge < -0.3 is 10.6 Å². The van der Waals surface area contributed by atoms with E-state index < -0.39 is 0 Å². The van der Waals surface area contributed by atoms with Gasteiger partial charge in [0, 0.05) is 18.6 Å². The molecule has 0 aromatic rings. The van der Waals surface area contributed by atoms with Crippen LogP contribution in [0.3, 0.4) is 0 Å². The summed E-state index contributed by atoms with van der Waals surface area (Å²) in [7, 11) is 2.25. The zero-order valence-electron chi connectivity index (χ0n) is 12.0. The number of hydrogen-bond donors (Lipinski definition) is 1. The topological polar surface area (TPSA) is 32.5 Å². The van der Waals surface area contributed by atoms with Crippen molar-refractivity contribution in [2.45, 2.75) is 58.0 Å². The molecule has 1 heterocycles. The van der Waals surface area contributed by atoms with Crippen LogP contribution < -0.4 is 5.73 Å². The van der Waals surface area contributed by atoms with Crippen LogP contribution in [0.2, 0.25) is 0 Å². The monoisotopic (exact) mass is 241 g/mol. The van der Waals surface area contributed by atoms with Crippen LogP contribution in [-0.2, 0) is 0 Å². The van der Waals surface area contributed by atoms with Gasteiger partial charge in [-0.1, -0.05) is 13.3 Å². The molecule has 2 unspecified atom stereocenters. The number of likely N-dealkylation sites (N-methyl/N-ethyl adjacent to an activating group) is 1. The van der Waals surface area contributed by atoms with Crippen LogP contribution in [0.1, 0.15) is 46.0 Å². The lowest BCUT2D eigenvalue weighted by Gasteiger charge is -2.30. The van der Waals surface area contributed by atoms with Gasteiger partial charge in [0.15, 0.2) is 0 Å². The molecule has 0 bridgehead atoms. The van der Waals surface area contributed by atoms with Crippen LogP contribution in [0.5, 0.6) is 0 Å². The average molecular weight is 241 g/mol. The van der Waals surface area contributed by atoms with Crippen LogP contribution in [0, 0.1) is 0 Å². The van der Waals surface area contributed by atoms with E-state index in [-0.39, 0.29) is 0 Å². The Kier molecular flexibility index (Phi) is 7.09. The SMILES string of the molecule is CCC1CN(C)CCCN1CCCCC(C)N. The van der Waals surface area contributed by atoms with Crippen molar-refractivity contribution in [3.8, 4) is 0 Å². The van der Waals surface area contributed by atoms with Crippen molar-refractivity contribution in [3.05, 3.63) is 0 Å². The fourth-order valence-electron chi connectivity index (χ4n) is 2.76. The zero-order chi connectivity index (χ0) is 12.7. The van der Waals surface area contributed by atoms with Gasteiger partial charge in [-0.05, 0) is 59.3 Å². The van der Waals surface area contributed by atoms with E-state index in [1.54, 1.807) is 0 Å². The maximum Gasteiger partial charge on any atom is 0.0220 e. The van der Waals surface area contributed by atoms with E-state index in [2.05, 4.69) is 30.7 Å². The first-order chi connectivity index (χ1) is 8.13. The summed E-state index contributed by atoms with van der Waals surface area (Å²) in [5.41, 5.74) is 5.79. The van der Waals surface area contributed by atoms with E-state index >= 15 is 0 Å². The Hall–Kier alpha value is -0.120. The van der Waals surface area contributed by atoms with Crippen LogP contribution in [0.15, 0.2) is 0 Å². The van der Waals surface area contributed by atoms with E-state index in [0.717, 1.165) is 6.04 Å². The highest BCUT2D eigenvalue weighted by molar-refractivity contribution is 4.77. The van der Waals surface area contributed by atoms with E-state index in [1.165, 1.54) is 58.3 Å². The molecule has 3 nitrogen and oxygen atoms in total. The molecule has 1 fully saturated rings. The molecule has 0 spiro atoms. The molecule has 102 valence electrons. The molecule has 0 aromatic heterocycles. The lowest BCUT2D eigenvalue weighted by Crippen LogP contribution is -2.40. The smallest absolute Gasteiger partial charge is 0.0220 e. The summed E-state index contributed by atoms with van der Waals surface area (Å²) in [6.45, 7) is 9.46. The third-order valence-electron chi connectivity index (χ3n) is 3.85. The first kappa shape index (κ1) is 14.9. The minimum atomic E-state index is 0.368. The largest absolute Gasteiger partial charge is 0.328 e. The summed E-state index contributed by atoms with van der Waals surface area (Å²) < 4.78 is 0. The number of rotatable bonds is 6. The minimum absolute atomic E-state index is 0.368. The lowest BCUT2D eigenvalue weighted by molar-refractivity contribution is 0.180. The van der Waals surface area contributed by atoms with Crippen molar-refractivity contribution >= 4 is 0 Å². The minimum Gasteiger partial charge on any atom is -0.328 e. The van der Waals surface area contributed by atoms with Crippen molar-refractivity contribution < 1.29 is 0 Å².